The molecule has 1 rings (SSSR count). The zero-order chi connectivity index (χ0) is 13.4. The first kappa shape index (κ1) is 14.6. The van der Waals surface area contributed by atoms with E-state index in [4.69, 9.17) is 5.26 Å². The van der Waals surface area contributed by atoms with Crippen LogP contribution in [0.5, 0.6) is 0 Å². The predicted octanol–water partition coefficient (Wildman–Crippen LogP) is 2.41. The van der Waals surface area contributed by atoms with Crippen molar-refractivity contribution in [3.8, 4) is 6.07 Å². The van der Waals surface area contributed by atoms with Crippen LogP contribution in [-0.2, 0) is 4.79 Å². The molecule has 1 aromatic carbocycles. The summed E-state index contributed by atoms with van der Waals surface area (Å²) in [5, 5.41) is 11.9. The first-order valence-electron chi connectivity index (χ1n) is 5.90. The van der Waals surface area contributed by atoms with Gasteiger partial charge in [0.05, 0.1) is 6.07 Å². The number of amides is 1. The topological polar surface area (TPSA) is 52.9 Å². The highest BCUT2D eigenvalue weighted by Crippen LogP contribution is 2.14. The fraction of sp³-hybridized carbons (Fsp3) is 0.429. The van der Waals surface area contributed by atoms with Gasteiger partial charge in [0.1, 0.15) is 5.92 Å². The summed E-state index contributed by atoms with van der Waals surface area (Å²) in [6.45, 7) is 2.70. The molecule has 2 atom stereocenters. The van der Waals surface area contributed by atoms with Crippen molar-refractivity contribution < 1.29 is 4.79 Å². The SMILES string of the molecule is CSCC(C)CNC(=O)C(C#N)c1ccccc1. The molecule has 0 saturated carbocycles. The molecule has 0 bridgehead atoms. The minimum absolute atomic E-state index is 0.211. The predicted molar refractivity (Wildman–Crippen MR) is 75.4 cm³/mol. The Bertz CT molecular complexity index is 414. The van der Waals surface area contributed by atoms with Crippen LogP contribution >= 0.6 is 11.8 Å². The Balaban J connectivity index is 2.57. The van der Waals surface area contributed by atoms with Gasteiger partial charge in [0.15, 0.2) is 0 Å². The molecule has 1 amide bonds. The highest BCUT2D eigenvalue weighted by Gasteiger charge is 2.19. The first-order chi connectivity index (χ1) is 8.69. The second-order valence-corrected chi connectivity index (χ2v) is 5.19. The number of carbonyl (C=O) groups excluding carboxylic acids is 1. The maximum absolute atomic E-state index is 11.9. The molecule has 1 N–H and O–H groups in total. The van der Waals surface area contributed by atoms with Crippen molar-refractivity contribution in [2.45, 2.75) is 12.8 Å². The van der Waals surface area contributed by atoms with Crippen molar-refractivity contribution in [3.05, 3.63) is 35.9 Å². The zero-order valence-electron chi connectivity index (χ0n) is 10.7. The van der Waals surface area contributed by atoms with Crippen molar-refractivity contribution in [1.29, 1.82) is 5.26 Å². The summed E-state index contributed by atoms with van der Waals surface area (Å²) < 4.78 is 0. The van der Waals surface area contributed by atoms with E-state index >= 15 is 0 Å². The summed E-state index contributed by atoms with van der Waals surface area (Å²) in [5.41, 5.74) is 0.745. The molecular weight excluding hydrogens is 244 g/mol. The van der Waals surface area contributed by atoms with E-state index in [0.717, 1.165) is 11.3 Å². The van der Waals surface area contributed by atoms with E-state index in [1.54, 1.807) is 23.9 Å². The molecule has 1 aromatic rings. The third-order valence-corrected chi connectivity index (χ3v) is 3.50. The van der Waals surface area contributed by atoms with E-state index in [1.807, 2.05) is 24.5 Å². The van der Waals surface area contributed by atoms with Gasteiger partial charge in [-0.25, -0.2) is 0 Å². The molecule has 0 aromatic heterocycles. The van der Waals surface area contributed by atoms with Crippen LogP contribution in [0.1, 0.15) is 18.4 Å². The van der Waals surface area contributed by atoms with E-state index < -0.39 is 5.92 Å². The molecule has 0 aliphatic rings. The number of hydrogen-bond acceptors (Lipinski definition) is 3. The maximum Gasteiger partial charge on any atom is 0.241 e. The van der Waals surface area contributed by atoms with Gasteiger partial charge in [-0.15, -0.1) is 0 Å². The average Bonchev–Trinajstić information content (AvgIpc) is 2.39. The summed E-state index contributed by atoms with van der Waals surface area (Å²) in [5.74, 6) is 0.492. The van der Waals surface area contributed by atoms with Crippen LogP contribution in [-0.4, -0.2) is 24.5 Å². The van der Waals surface area contributed by atoms with Gasteiger partial charge < -0.3 is 5.32 Å². The molecule has 96 valence electrons. The molecule has 0 saturated heterocycles. The van der Waals surface area contributed by atoms with Crippen LogP contribution in [0, 0.1) is 17.2 Å². The summed E-state index contributed by atoms with van der Waals surface area (Å²) in [4.78, 5) is 11.9. The largest absolute Gasteiger partial charge is 0.354 e. The van der Waals surface area contributed by atoms with Gasteiger partial charge in [-0.05, 0) is 23.5 Å². The maximum atomic E-state index is 11.9. The molecule has 0 aliphatic heterocycles. The quantitative estimate of drug-likeness (QED) is 0.856. The number of benzene rings is 1. The van der Waals surface area contributed by atoms with Crippen molar-refractivity contribution in [3.63, 3.8) is 0 Å². The Morgan fingerprint density at radius 3 is 2.67 bits per heavy atom. The van der Waals surface area contributed by atoms with Crippen molar-refractivity contribution in [1.82, 2.24) is 5.32 Å². The number of carbonyl (C=O) groups is 1. The molecule has 0 heterocycles. The summed E-state index contributed by atoms with van der Waals surface area (Å²) >= 11 is 1.76. The minimum Gasteiger partial charge on any atom is -0.354 e. The van der Waals surface area contributed by atoms with Crippen LogP contribution in [0.2, 0.25) is 0 Å². The van der Waals surface area contributed by atoms with E-state index in [0.29, 0.717) is 12.5 Å². The summed E-state index contributed by atoms with van der Waals surface area (Å²) in [7, 11) is 0. The molecule has 4 heteroatoms. The third kappa shape index (κ3) is 4.42. The number of hydrogen-bond donors (Lipinski definition) is 1. The Morgan fingerprint density at radius 1 is 1.44 bits per heavy atom. The first-order valence-corrected chi connectivity index (χ1v) is 7.29. The molecule has 0 spiro atoms. The van der Waals surface area contributed by atoms with Gasteiger partial charge in [-0.1, -0.05) is 37.3 Å². The second-order valence-electron chi connectivity index (χ2n) is 4.28. The lowest BCUT2D eigenvalue weighted by Gasteiger charge is -2.14. The van der Waals surface area contributed by atoms with E-state index in [-0.39, 0.29) is 5.91 Å². The van der Waals surface area contributed by atoms with Crippen LogP contribution in [0.3, 0.4) is 0 Å². The lowest BCUT2D eigenvalue weighted by molar-refractivity contribution is -0.121. The number of rotatable bonds is 6. The smallest absolute Gasteiger partial charge is 0.241 e. The van der Waals surface area contributed by atoms with E-state index in [2.05, 4.69) is 18.3 Å². The lowest BCUT2D eigenvalue weighted by atomic mass is 10.00. The molecule has 0 radical (unpaired) electrons. The Morgan fingerprint density at radius 2 is 2.11 bits per heavy atom. The van der Waals surface area contributed by atoms with Crippen molar-refractivity contribution >= 4 is 17.7 Å². The third-order valence-electron chi connectivity index (χ3n) is 2.60. The zero-order valence-corrected chi connectivity index (χ0v) is 11.5. The molecule has 18 heavy (non-hydrogen) atoms. The van der Waals surface area contributed by atoms with Gasteiger partial charge in [0.2, 0.25) is 5.91 Å². The molecule has 0 aliphatic carbocycles. The van der Waals surface area contributed by atoms with Crippen LogP contribution in [0.25, 0.3) is 0 Å². The highest BCUT2D eigenvalue weighted by atomic mass is 32.2. The normalized spacial score (nSPS) is 13.4. The second kappa shape index (κ2) is 7.78. The number of thioether (sulfide) groups is 1. The van der Waals surface area contributed by atoms with Crippen LogP contribution in [0.15, 0.2) is 30.3 Å². The lowest BCUT2D eigenvalue weighted by Crippen LogP contribution is -2.32. The standard InChI is InChI=1S/C14H18N2OS/c1-11(10-18-2)9-16-14(17)13(8-15)12-6-4-3-5-7-12/h3-7,11,13H,9-10H2,1-2H3,(H,16,17). The Hall–Kier alpha value is -1.47. The van der Waals surface area contributed by atoms with Gasteiger partial charge in [0.25, 0.3) is 0 Å². The number of nitriles is 1. The molecule has 3 nitrogen and oxygen atoms in total. The highest BCUT2D eigenvalue weighted by molar-refractivity contribution is 7.98. The Labute approximate surface area is 113 Å². The fourth-order valence-electron chi connectivity index (χ4n) is 1.65. The van der Waals surface area contributed by atoms with Crippen molar-refractivity contribution in [2.24, 2.45) is 5.92 Å². The van der Waals surface area contributed by atoms with Crippen LogP contribution < -0.4 is 5.32 Å². The van der Waals surface area contributed by atoms with Gasteiger partial charge in [-0.2, -0.15) is 17.0 Å². The van der Waals surface area contributed by atoms with Gasteiger partial charge in [-0.3, -0.25) is 4.79 Å². The molecule has 2 unspecified atom stereocenters. The van der Waals surface area contributed by atoms with Crippen LogP contribution in [0.4, 0.5) is 0 Å². The number of nitrogens with one attached hydrogen (secondary N) is 1. The minimum atomic E-state index is -0.715. The van der Waals surface area contributed by atoms with E-state index in [9.17, 15) is 4.79 Å². The molecule has 0 fully saturated rings. The summed E-state index contributed by atoms with van der Waals surface area (Å²) in [6, 6.07) is 11.2. The molecular formula is C14H18N2OS. The monoisotopic (exact) mass is 262 g/mol. The number of nitrogens with zero attached hydrogens (tertiary/aromatic N) is 1. The summed E-state index contributed by atoms with van der Waals surface area (Å²) in [6.07, 6.45) is 2.04. The van der Waals surface area contributed by atoms with Crippen molar-refractivity contribution in [2.75, 3.05) is 18.6 Å². The Kier molecular flexibility index (Phi) is 6.31. The fourth-order valence-corrected chi connectivity index (χ4v) is 2.34. The van der Waals surface area contributed by atoms with E-state index in [1.165, 1.54) is 0 Å². The van der Waals surface area contributed by atoms with Gasteiger partial charge in [0, 0.05) is 6.54 Å². The average molecular weight is 262 g/mol. The van der Waals surface area contributed by atoms with Gasteiger partial charge >= 0.3 is 0 Å².